The molecule has 132 valence electrons. The Labute approximate surface area is 146 Å². The number of aromatic nitrogens is 2. The summed E-state index contributed by atoms with van der Waals surface area (Å²) in [6, 6.07) is 9.61. The second kappa shape index (κ2) is 7.51. The minimum atomic E-state index is -0.907. The molecule has 0 radical (unpaired) electrons. The number of aryl methyl sites for hydroxylation is 1. The summed E-state index contributed by atoms with van der Waals surface area (Å²) in [5.74, 6) is -1.74. The van der Waals surface area contributed by atoms with Crippen LogP contribution in [-0.4, -0.2) is 38.6 Å². The molecular formula is C19H23N3O3. The summed E-state index contributed by atoms with van der Waals surface area (Å²) in [5, 5.41) is 16.5. The second-order valence-corrected chi connectivity index (χ2v) is 6.65. The third-order valence-electron chi connectivity index (χ3n) is 4.68. The number of carbonyl (C=O) groups is 2. The lowest BCUT2D eigenvalue weighted by atomic mass is 9.95. The summed E-state index contributed by atoms with van der Waals surface area (Å²) in [6.45, 7) is 2.15. The fourth-order valence-electron chi connectivity index (χ4n) is 3.24. The van der Waals surface area contributed by atoms with Gasteiger partial charge < -0.3 is 10.0 Å². The summed E-state index contributed by atoms with van der Waals surface area (Å²) in [7, 11) is 0. The highest BCUT2D eigenvalue weighted by Gasteiger charge is 2.27. The Bertz CT molecular complexity index is 755. The number of aromatic amines is 1. The highest BCUT2D eigenvalue weighted by molar-refractivity contribution is 5.94. The number of nitrogens with one attached hydrogen (secondary N) is 1. The average Bonchev–Trinajstić information content (AvgIpc) is 3.05. The molecule has 6 heteroatoms. The van der Waals surface area contributed by atoms with E-state index in [-0.39, 0.29) is 12.5 Å². The molecule has 0 saturated heterocycles. The van der Waals surface area contributed by atoms with E-state index < -0.39 is 11.9 Å². The number of carboxylic acids is 1. The van der Waals surface area contributed by atoms with E-state index in [1.54, 1.807) is 11.8 Å². The third-order valence-corrected chi connectivity index (χ3v) is 4.68. The minimum absolute atomic E-state index is 0.157. The number of nitrogens with zero attached hydrogens (tertiary/aromatic N) is 2. The summed E-state index contributed by atoms with van der Waals surface area (Å²) in [6.07, 6.45) is 3.92. The Hall–Kier alpha value is -2.63. The fourth-order valence-corrected chi connectivity index (χ4v) is 3.24. The average molecular weight is 341 g/mol. The summed E-state index contributed by atoms with van der Waals surface area (Å²) >= 11 is 0. The molecular weight excluding hydrogens is 318 g/mol. The van der Waals surface area contributed by atoms with Crippen LogP contribution in [0.4, 0.5) is 0 Å². The van der Waals surface area contributed by atoms with Gasteiger partial charge in [0.25, 0.3) is 5.91 Å². The van der Waals surface area contributed by atoms with Crippen molar-refractivity contribution in [1.29, 1.82) is 0 Å². The predicted octanol–water partition coefficient (Wildman–Crippen LogP) is 2.65. The molecule has 1 atom stereocenters. The van der Waals surface area contributed by atoms with Crippen LogP contribution in [-0.2, 0) is 24.2 Å². The quantitative estimate of drug-likeness (QED) is 0.846. The van der Waals surface area contributed by atoms with Crippen LogP contribution in [0.5, 0.6) is 0 Å². The molecule has 0 saturated carbocycles. The summed E-state index contributed by atoms with van der Waals surface area (Å²) < 4.78 is 0. The SMILES string of the molecule is C[C@@H](CN(Cc1ccccc1)C(=O)c1n[nH]c2c1CCCC2)C(=O)O. The Kier molecular flexibility index (Phi) is 5.16. The molecule has 1 aromatic heterocycles. The van der Waals surface area contributed by atoms with Gasteiger partial charge in [-0.1, -0.05) is 37.3 Å². The van der Waals surface area contributed by atoms with Crippen LogP contribution in [0.3, 0.4) is 0 Å². The first-order chi connectivity index (χ1) is 12.1. The minimum Gasteiger partial charge on any atom is -0.481 e. The van der Waals surface area contributed by atoms with Crippen LogP contribution < -0.4 is 0 Å². The van der Waals surface area contributed by atoms with Crippen molar-refractivity contribution in [2.24, 2.45) is 5.92 Å². The van der Waals surface area contributed by atoms with Crippen molar-refractivity contribution in [2.75, 3.05) is 6.54 Å². The van der Waals surface area contributed by atoms with Gasteiger partial charge in [-0.25, -0.2) is 0 Å². The number of carboxylic acid groups (broad SMARTS) is 1. The number of hydrogen-bond donors (Lipinski definition) is 2. The van der Waals surface area contributed by atoms with Gasteiger partial charge in [0.05, 0.1) is 5.92 Å². The Morgan fingerprint density at radius 1 is 1.24 bits per heavy atom. The van der Waals surface area contributed by atoms with Gasteiger partial charge in [0.2, 0.25) is 0 Å². The number of benzene rings is 1. The number of fused-ring (bicyclic) bond motifs is 1. The lowest BCUT2D eigenvalue weighted by Crippen LogP contribution is -2.37. The number of H-pyrrole nitrogens is 1. The smallest absolute Gasteiger partial charge is 0.308 e. The molecule has 3 rings (SSSR count). The maximum absolute atomic E-state index is 13.1. The molecule has 0 aliphatic heterocycles. The Balaban J connectivity index is 1.86. The van der Waals surface area contributed by atoms with E-state index in [2.05, 4.69) is 10.2 Å². The van der Waals surface area contributed by atoms with Gasteiger partial charge >= 0.3 is 5.97 Å². The number of hydrogen-bond acceptors (Lipinski definition) is 3. The van der Waals surface area contributed by atoms with Crippen molar-refractivity contribution in [1.82, 2.24) is 15.1 Å². The number of rotatable bonds is 6. The zero-order valence-electron chi connectivity index (χ0n) is 14.4. The first kappa shape index (κ1) is 17.2. The van der Waals surface area contributed by atoms with Gasteiger partial charge in [-0.15, -0.1) is 0 Å². The summed E-state index contributed by atoms with van der Waals surface area (Å²) in [5.41, 5.74) is 3.46. The maximum atomic E-state index is 13.1. The van der Waals surface area contributed by atoms with Gasteiger partial charge in [0.15, 0.2) is 5.69 Å². The molecule has 25 heavy (non-hydrogen) atoms. The highest BCUT2D eigenvalue weighted by Crippen LogP contribution is 2.24. The van der Waals surface area contributed by atoms with Gasteiger partial charge in [0, 0.05) is 24.3 Å². The lowest BCUT2D eigenvalue weighted by Gasteiger charge is -2.24. The van der Waals surface area contributed by atoms with E-state index in [1.807, 2.05) is 30.3 Å². The topological polar surface area (TPSA) is 86.3 Å². The molecule has 1 amide bonds. The van der Waals surface area contributed by atoms with E-state index in [1.165, 1.54) is 0 Å². The zero-order valence-corrected chi connectivity index (χ0v) is 14.4. The number of aliphatic carboxylic acids is 1. The van der Waals surface area contributed by atoms with E-state index in [0.717, 1.165) is 42.5 Å². The monoisotopic (exact) mass is 341 g/mol. The van der Waals surface area contributed by atoms with E-state index in [0.29, 0.717) is 12.2 Å². The van der Waals surface area contributed by atoms with Gasteiger partial charge in [-0.2, -0.15) is 5.10 Å². The van der Waals surface area contributed by atoms with Crippen LogP contribution in [0.1, 0.15) is 47.1 Å². The van der Waals surface area contributed by atoms with Crippen LogP contribution in [0.25, 0.3) is 0 Å². The van der Waals surface area contributed by atoms with Gasteiger partial charge in [0.1, 0.15) is 0 Å². The molecule has 0 fully saturated rings. The predicted molar refractivity (Wildman–Crippen MR) is 93.2 cm³/mol. The van der Waals surface area contributed by atoms with Crippen molar-refractivity contribution in [2.45, 2.75) is 39.2 Å². The van der Waals surface area contributed by atoms with Crippen LogP contribution in [0.15, 0.2) is 30.3 Å². The van der Waals surface area contributed by atoms with Crippen molar-refractivity contribution in [3.8, 4) is 0 Å². The van der Waals surface area contributed by atoms with Crippen molar-refractivity contribution >= 4 is 11.9 Å². The Morgan fingerprint density at radius 3 is 2.68 bits per heavy atom. The molecule has 2 aromatic rings. The molecule has 1 aliphatic carbocycles. The molecule has 1 aliphatic rings. The number of carbonyl (C=O) groups excluding carboxylic acids is 1. The number of amides is 1. The van der Waals surface area contributed by atoms with Crippen LogP contribution in [0.2, 0.25) is 0 Å². The molecule has 0 unspecified atom stereocenters. The summed E-state index contributed by atoms with van der Waals surface area (Å²) in [4.78, 5) is 26.0. The molecule has 2 N–H and O–H groups in total. The molecule has 6 nitrogen and oxygen atoms in total. The highest BCUT2D eigenvalue weighted by atomic mass is 16.4. The standard InChI is InChI=1S/C19H23N3O3/c1-13(19(24)25)11-22(12-14-7-3-2-4-8-14)18(23)17-15-9-5-6-10-16(15)20-21-17/h2-4,7-8,13H,5-6,9-12H2,1H3,(H,20,21)(H,24,25)/t13-/m0/s1. The molecule has 0 spiro atoms. The Morgan fingerprint density at radius 2 is 1.96 bits per heavy atom. The zero-order chi connectivity index (χ0) is 17.8. The fraction of sp³-hybridized carbons (Fsp3) is 0.421. The molecule has 1 heterocycles. The lowest BCUT2D eigenvalue weighted by molar-refractivity contribution is -0.141. The van der Waals surface area contributed by atoms with E-state index in [9.17, 15) is 14.7 Å². The normalized spacial score (nSPS) is 14.6. The first-order valence-corrected chi connectivity index (χ1v) is 8.68. The molecule has 0 bridgehead atoms. The van der Waals surface area contributed by atoms with Gasteiger partial charge in [-0.05, 0) is 31.2 Å². The second-order valence-electron chi connectivity index (χ2n) is 6.65. The third kappa shape index (κ3) is 3.90. The molecule has 1 aromatic carbocycles. The maximum Gasteiger partial charge on any atom is 0.308 e. The van der Waals surface area contributed by atoms with Crippen molar-refractivity contribution < 1.29 is 14.7 Å². The van der Waals surface area contributed by atoms with Crippen molar-refractivity contribution in [3.05, 3.63) is 52.8 Å². The van der Waals surface area contributed by atoms with Crippen LogP contribution >= 0.6 is 0 Å². The van der Waals surface area contributed by atoms with Gasteiger partial charge in [-0.3, -0.25) is 14.7 Å². The van der Waals surface area contributed by atoms with Crippen LogP contribution in [0, 0.1) is 5.92 Å². The van der Waals surface area contributed by atoms with E-state index in [4.69, 9.17) is 0 Å². The van der Waals surface area contributed by atoms with E-state index >= 15 is 0 Å². The first-order valence-electron chi connectivity index (χ1n) is 8.68. The van der Waals surface area contributed by atoms with Crippen molar-refractivity contribution in [3.63, 3.8) is 0 Å². The largest absolute Gasteiger partial charge is 0.481 e.